The zero-order chi connectivity index (χ0) is 21.8. The molecule has 0 unspecified atom stereocenters. The molecule has 2 heteroatoms. The summed E-state index contributed by atoms with van der Waals surface area (Å²) < 4.78 is 5.37. The lowest BCUT2D eigenvalue weighted by Crippen LogP contribution is -2.13. The molecule has 0 saturated carbocycles. The molecule has 0 aliphatic carbocycles. The molecule has 0 aromatic carbocycles. The molecule has 0 heterocycles. The number of hydrogen-bond donors (Lipinski definition) is 0. The maximum atomic E-state index is 5.37. The molecule has 0 aromatic rings. The van der Waals surface area contributed by atoms with Gasteiger partial charge in [-0.3, -0.25) is 0 Å². The van der Waals surface area contributed by atoms with Crippen LogP contribution in [0.25, 0.3) is 0 Å². The van der Waals surface area contributed by atoms with Gasteiger partial charge in [0.15, 0.2) is 9.04 Å². The van der Waals surface area contributed by atoms with Crippen molar-refractivity contribution in [2.45, 2.75) is 168 Å². The molecule has 178 valence electrons. The van der Waals surface area contributed by atoms with Crippen molar-refractivity contribution in [1.29, 1.82) is 0 Å². The largest absolute Gasteiger partial charge is 0.423 e. The third-order valence-electron chi connectivity index (χ3n) is 6.01. The van der Waals surface area contributed by atoms with Crippen LogP contribution in [0.2, 0.25) is 12.1 Å². The second-order valence-electron chi connectivity index (χ2n) is 9.09. The smallest absolute Gasteiger partial charge is 0.176 e. The average molecular weight is 429 g/mol. The second kappa shape index (κ2) is 30.4. The Morgan fingerprint density at radius 3 is 0.793 bits per heavy atom. The highest BCUT2D eigenvalue weighted by molar-refractivity contribution is 6.51. The van der Waals surface area contributed by atoms with Crippen LogP contribution in [0.15, 0.2) is 0 Å². The van der Waals surface area contributed by atoms with Gasteiger partial charge in [-0.05, 0) is 12.1 Å². The topological polar surface area (TPSA) is 9.23 Å². The summed E-state index contributed by atoms with van der Waals surface area (Å²) in [5, 5.41) is 0. The Morgan fingerprint density at radius 1 is 0.379 bits per heavy atom. The van der Waals surface area contributed by atoms with Crippen LogP contribution in [0.4, 0.5) is 0 Å². The van der Waals surface area contributed by atoms with E-state index in [-0.39, 0.29) is 0 Å². The van der Waals surface area contributed by atoms with E-state index < -0.39 is 9.04 Å². The average Bonchev–Trinajstić information content (AvgIpc) is 2.74. The van der Waals surface area contributed by atoms with Crippen molar-refractivity contribution in [1.82, 2.24) is 0 Å². The standard InChI is InChI=1S/C20H42.C7H18OSi/c1-3-5-7-9-11-13-15-17-19-20-18-16-14-12-10-8-6-4-2;1-4-6-9(8-3)7-5-2/h3-20H2,1-2H3;9H,4-7H2,1-3H3. The summed E-state index contributed by atoms with van der Waals surface area (Å²) in [6, 6.07) is 2.70. The van der Waals surface area contributed by atoms with Gasteiger partial charge in [0.1, 0.15) is 0 Å². The lowest BCUT2D eigenvalue weighted by atomic mass is 10.0. The molecular formula is C27H60OSi. The number of rotatable bonds is 22. The third kappa shape index (κ3) is 30.5. The SMILES string of the molecule is CCCCCCCCCCCCCCCCCCCC.CCC[SiH](CCC)OC. The fourth-order valence-corrected chi connectivity index (χ4v) is 6.05. The summed E-state index contributed by atoms with van der Waals surface area (Å²) in [5.41, 5.74) is 0. The Morgan fingerprint density at radius 2 is 0.621 bits per heavy atom. The van der Waals surface area contributed by atoms with Crippen molar-refractivity contribution in [2.75, 3.05) is 7.11 Å². The van der Waals surface area contributed by atoms with E-state index in [4.69, 9.17) is 4.43 Å². The van der Waals surface area contributed by atoms with E-state index in [9.17, 15) is 0 Å². The molecule has 0 saturated heterocycles. The van der Waals surface area contributed by atoms with Gasteiger partial charge in [-0.15, -0.1) is 0 Å². The molecule has 29 heavy (non-hydrogen) atoms. The van der Waals surface area contributed by atoms with Crippen LogP contribution in [0.3, 0.4) is 0 Å². The van der Waals surface area contributed by atoms with Gasteiger partial charge in [0.05, 0.1) is 0 Å². The van der Waals surface area contributed by atoms with Crippen molar-refractivity contribution in [2.24, 2.45) is 0 Å². The molecule has 0 aliphatic rings. The second-order valence-corrected chi connectivity index (χ2v) is 12.0. The van der Waals surface area contributed by atoms with Crippen LogP contribution in [0, 0.1) is 0 Å². The summed E-state index contributed by atoms with van der Waals surface area (Å²) >= 11 is 0. The Kier molecular flexibility index (Phi) is 32.8. The summed E-state index contributed by atoms with van der Waals surface area (Å²) in [6.07, 6.45) is 29.0. The zero-order valence-corrected chi connectivity index (χ0v) is 22.7. The van der Waals surface area contributed by atoms with E-state index in [1.54, 1.807) is 0 Å². The normalized spacial score (nSPS) is 11.0. The number of unbranched alkanes of at least 4 members (excludes halogenated alkanes) is 17. The minimum Gasteiger partial charge on any atom is -0.423 e. The van der Waals surface area contributed by atoms with Crippen LogP contribution in [0.5, 0.6) is 0 Å². The van der Waals surface area contributed by atoms with Crippen LogP contribution < -0.4 is 0 Å². The summed E-state index contributed by atoms with van der Waals surface area (Å²) in [5.74, 6) is 0. The van der Waals surface area contributed by atoms with Crippen molar-refractivity contribution < 1.29 is 4.43 Å². The van der Waals surface area contributed by atoms with Crippen LogP contribution in [-0.4, -0.2) is 16.2 Å². The van der Waals surface area contributed by atoms with Crippen molar-refractivity contribution in [3.63, 3.8) is 0 Å². The lowest BCUT2D eigenvalue weighted by molar-refractivity contribution is 0.416. The molecular weight excluding hydrogens is 368 g/mol. The Labute approximate surface area is 188 Å². The summed E-state index contributed by atoms with van der Waals surface area (Å²) in [7, 11) is 1.15. The highest BCUT2D eigenvalue weighted by Gasteiger charge is 2.05. The minimum atomic E-state index is -0.713. The summed E-state index contributed by atoms with van der Waals surface area (Å²) in [6.45, 7) is 9.06. The first-order valence-electron chi connectivity index (χ1n) is 13.8. The first-order chi connectivity index (χ1) is 14.3. The predicted molar refractivity (Wildman–Crippen MR) is 139 cm³/mol. The highest BCUT2D eigenvalue weighted by Crippen LogP contribution is 2.14. The molecule has 0 spiro atoms. The molecule has 0 bridgehead atoms. The molecule has 0 aromatic heterocycles. The van der Waals surface area contributed by atoms with Crippen LogP contribution in [0.1, 0.15) is 156 Å². The fraction of sp³-hybridized carbons (Fsp3) is 1.00. The van der Waals surface area contributed by atoms with E-state index in [1.807, 2.05) is 7.11 Å². The van der Waals surface area contributed by atoms with E-state index in [2.05, 4.69) is 27.7 Å². The fourth-order valence-electron chi connectivity index (χ4n) is 4.00. The highest BCUT2D eigenvalue weighted by atomic mass is 28.3. The Hall–Kier alpha value is 0.177. The number of hydrogen-bond acceptors (Lipinski definition) is 1. The van der Waals surface area contributed by atoms with Gasteiger partial charge in [-0.1, -0.05) is 156 Å². The Balaban J connectivity index is 0. The van der Waals surface area contributed by atoms with Crippen molar-refractivity contribution in [3.05, 3.63) is 0 Å². The summed E-state index contributed by atoms with van der Waals surface area (Å²) in [4.78, 5) is 0. The van der Waals surface area contributed by atoms with Gasteiger partial charge in [-0.25, -0.2) is 0 Å². The zero-order valence-electron chi connectivity index (χ0n) is 21.5. The first kappa shape index (κ1) is 31.4. The van der Waals surface area contributed by atoms with Crippen LogP contribution in [-0.2, 0) is 4.43 Å². The molecule has 0 fully saturated rings. The Bertz CT molecular complexity index is 233. The van der Waals surface area contributed by atoms with Gasteiger partial charge in [0, 0.05) is 7.11 Å². The molecule has 0 atom stereocenters. The van der Waals surface area contributed by atoms with Gasteiger partial charge >= 0.3 is 0 Å². The van der Waals surface area contributed by atoms with Gasteiger partial charge in [0.25, 0.3) is 0 Å². The first-order valence-corrected chi connectivity index (χ1v) is 15.9. The monoisotopic (exact) mass is 428 g/mol. The van der Waals surface area contributed by atoms with Crippen LogP contribution >= 0.6 is 0 Å². The molecule has 0 radical (unpaired) electrons. The van der Waals surface area contributed by atoms with E-state index in [0.717, 1.165) is 0 Å². The lowest BCUT2D eigenvalue weighted by Gasteiger charge is -2.09. The maximum absolute atomic E-state index is 5.37. The van der Waals surface area contributed by atoms with Gasteiger partial charge < -0.3 is 4.43 Å². The van der Waals surface area contributed by atoms with Crippen molar-refractivity contribution in [3.8, 4) is 0 Å². The molecule has 0 N–H and O–H groups in total. The van der Waals surface area contributed by atoms with E-state index >= 15 is 0 Å². The quantitative estimate of drug-likeness (QED) is 0.123. The van der Waals surface area contributed by atoms with Gasteiger partial charge in [0.2, 0.25) is 0 Å². The van der Waals surface area contributed by atoms with Gasteiger partial charge in [-0.2, -0.15) is 0 Å². The molecule has 1 nitrogen and oxygen atoms in total. The van der Waals surface area contributed by atoms with E-state index in [1.165, 1.54) is 141 Å². The molecule has 0 aliphatic heterocycles. The predicted octanol–water partition coefficient (Wildman–Crippen LogP) is 10.2. The van der Waals surface area contributed by atoms with Crippen molar-refractivity contribution >= 4 is 9.04 Å². The molecule has 0 rings (SSSR count). The minimum absolute atomic E-state index is 0.713. The molecule has 0 amide bonds. The maximum Gasteiger partial charge on any atom is 0.176 e. The third-order valence-corrected chi connectivity index (χ3v) is 9.12. The van der Waals surface area contributed by atoms with E-state index in [0.29, 0.717) is 0 Å².